The Kier molecular flexibility index (Phi) is 5.54. The molecular weight excluding hydrogens is 450 g/mol. The molecule has 0 spiro atoms. The molecule has 0 amide bonds. The number of nitrogens with zero attached hydrogens (tertiary/aromatic N) is 6. The van der Waals surface area contributed by atoms with Gasteiger partial charge in [-0.05, 0) is 31.0 Å². The van der Waals surface area contributed by atoms with Crippen LogP contribution < -0.4 is 10.6 Å². The van der Waals surface area contributed by atoms with Gasteiger partial charge in [-0.2, -0.15) is 13.2 Å². The van der Waals surface area contributed by atoms with E-state index < -0.39 is 11.7 Å². The minimum atomic E-state index is -4.45. The van der Waals surface area contributed by atoms with Crippen LogP contribution >= 0.6 is 0 Å². The van der Waals surface area contributed by atoms with Gasteiger partial charge in [-0.25, -0.2) is 14.4 Å². The van der Waals surface area contributed by atoms with E-state index in [-0.39, 0.29) is 11.7 Å². The van der Waals surface area contributed by atoms with Crippen molar-refractivity contribution < 1.29 is 17.6 Å². The summed E-state index contributed by atoms with van der Waals surface area (Å²) in [7, 11) is 0. The SMILES string of the molecule is Nc1cc(F)c2c(ccn2Cc2cnc(C3CCN(c4ncc(C(F)(F)F)cn4)CC3)cn2)c1. The summed E-state index contributed by atoms with van der Waals surface area (Å²) in [5, 5.41) is 0.728. The molecule has 4 aromatic rings. The Morgan fingerprint density at radius 3 is 2.35 bits per heavy atom. The van der Waals surface area contributed by atoms with Crippen molar-refractivity contribution in [1.29, 1.82) is 0 Å². The number of hydrogen-bond donors (Lipinski definition) is 1. The third-order valence-electron chi connectivity index (χ3n) is 6.06. The van der Waals surface area contributed by atoms with Crippen LogP contribution in [0.1, 0.15) is 35.7 Å². The van der Waals surface area contributed by atoms with E-state index in [9.17, 15) is 17.6 Å². The molecule has 0 unspecified atom stereocenters. The van der Waals surface area contributed by atoms with E-state index in [1.165, 1.54) is 6.07 Å². The van der Waals surface area contributed by atoms with Crippen LogP contribution in [-0.2, 0) is 12.7 Å². The maximum Gasteiger partial charge on any atom is 0.419 e. The third-order valence-corrected chi connectivity index (χ3v) is 6.06. The number of aromatic nitrogens is 5. The Labute approximate surface area is 192 Å². The second kappa shape index (κ2) is 8.54. The van der Waals surface area contributed by atoms with Crippen molar-refractivity contribution >= 4 is 22.5 Å². The van der Waals surface area contributed by atoms with E-state index in [1.807, 2.05) is 11.0 Å². The largest absolute Gasteiger partial charge is 0.419 e. The number of nitrogen functional groups attached to an aromatic ring is 1. The van der Waals surface area contributed by atoms with Crippen LogP contribution in [0.15, 0.2) is 49.2 Å². The smallest absolute Gasteiger partial charge is 0.399 e. The van der Waals surface area contributed by atoms with Crippen LogP contribution in [-0.4, -0.2) is 37.6 Å². The fraction of sp³-hybridized carbons (Fsp3) is 0.304. The normalized spacial score (nSPS) is 15.2. The summed E-state index contributed by atoms with van der Waals surface area (Å²) in [5.74, 6) is 0.0919. The van der Waals surface area contributed by atoms with Gasteiger partial charge in [0.05, 0.1) is 35.2 Å². The average molecular weight is 471 g/mol. The molecule has 1 aliphatic heterocycles. The highest BCUT2D eigenvalue weighted by Gasteiger charge is 2.32. The van der Waals surface area contributed by atoms with Gasteiger partial charge < -0.3 is 15.2 Å². The molecule has 0 radical (unpaired) electrons. The number of piperidine rings is 1. The van der Waals surface area contributed by atoms with Crippen molar-refractivity contribution in [3.63, 3.8) is 0 Å². The predicted octanol–water partition coefficient (Wildman–Crippen LogP) is 4.39. The number of fused-ring (bicyclic) bond motifs is 1. The second-order valence-electron chi connectivity index (χ2n) is 8.35. The molecule has 11 heteroatoms. The van der Waals surface area contributed by atoms with Crippen molar-refractivity contribution in [2.24, 2.45) is 0 Å². The maximum atomic E-state index is 14.4. The fourth-order valence-electron chi connectivity index (χ4n) is 4.29. The predicted molar refractivity (Wildman–Crippen MR) is 119 cm³/mol. The van der Waals surface area contributed by atoms with Gasteiger partial charge >= 0.3 is 6.18 Å². The Bertz CT molecular complexity index is 1290. The Morgan fingerprint density at radius 1 is 0.971 bits per heavy atom. The van der Waals surface area contributed by atoms with E-state index in [4.69, 9.17) is 5.73 Å². The molecule has 0 aliphatic carbocycles. The molecule has 1 fully saturated rings. The van der Waals surface area contributed by atoms with Gasteiger partial charge in [-0.1, -0.05) is 0 Å². The van der Waals surface area contributed by atoms with E-state index >= 15 is 0 Å². The lowest BCUT2D eigenvalue weighted by atomic mass is 9.94. The highest BCUT2D eigenvalue weighted by molar-refractivity contribution is 5.84. The maximum absolute atomic E-state index is 14.4. The first-order chi connectivity index (χ1) is 16.3. The minimum Gasteiger partial charge on any atom is -0.399 e. The fourth-order valence-corrected chi connectivity index (χ4v) is 4.29. The Balaban J connectivity index is 1.22. The van der Waals surface area contributed by atoms with Gasteiger partial charge in [-0.15, -0.1) is 0 Å². The van der Waals surface area contributed by atoms with Gasteiger partial charge in [0.15, 0.2) is 0 Å². The molecule has 0 bridgehead atoms. The number of rotatable bonds is 4. The summed E-state index contributed by atoms with van der Waals surface area (Å²) < 4.78 is 54.3. The molecule has 1 saturated heterocycles. The molecule has 1 aromatic carbocycles. The topological polar surface area (TPSA) is 85.8 Å². The van der Waals surface area contributed by atoms with Crippen LogP contribution in [0.2, 0.25) is 0 Å². The zero-order valence-electron chi connectivity index (χ0n) is 18.0. The summed E-state index contributed by atoms with van der Waals surface area (Å²) in [5.41, 5.74) is 7.26. The third kappa shape index (κ3) is 4.37. The molecule has 7 nitrogen and oxygen atoms in total. The lowest BCUT2D eigenvalue weighted by molar-refractivity contribution is -0.138. The molecule has 2 N–H and O–H groups in total. The Morgan fingerprint density at radius 2 is 1.71 bits per heavy atom. The highest BCUT2D eigenvalue weighted by atomic mass is 19.4. The molecule has 1 aliphatic rings. The first-order valence-electron chi connectivity index (χ1n) is 10.8. The van der Waals surface area contributed by atoms with E-state index in [2.05, 4.69) is 19.9 Å². The number of alkyl halides is 3. The number of hydrogen-bond acceptors (Lipinski definition) is 6. The first kappa shape index (κ1) is 22.1. The molecule has 0 atom stereocenters. The molecule has 5 rings (SSSR count). The van der Waals surface area contributed by atoms with Crippen molar-refractivity contribution in [2.45, 2.75) is 31.5 Å². The number of anilines is 2. The molecule has 0 saturated carbocycles. The van der Waals surface area contributed by atoms with Crippen LogP contribution in [0.4, 0.5) is 29.2 Å². The number of halogens is 4. The van der Waals surface area contributed by atoms with Gasteiger partial charge in [0, 0.05) is 54.9 Å². The summed E-state index contributed by atoms with van der Waals surface area (Å²) in [6.45, 7) is 1.59. The van der Waals surface area contributed by atoms with Gasteiger partial charge in [0.2, 0.25) is 5.95 Å². The lowest BCUT2D eigenvalue weighted by Crippen LogP contribution is -2.34. The van der Waals surface area contributed by atoms with Crippen molar-refractivity contribution in [3.05, 3.63) is 72.0 Å². The molecule has 3 aromatic heterocycles. The van der Waals surface area contributed by atoms with Crippen LogP contribution in [0.25, 0.3) is 10.9 Å². The van der Waals surface area contributed by atoms with Gasteiger partial charge in [0.1, 0.15) is 5.82 Å². The summed E-state index contributed by atoms with van der Waals surface area (Å²) in [6, 6.07) is 4.84. The quantitative estimate of drug-likeness (QED) is 0.351. The van der Waals surface area contributed by atoms with Gasteiger partial charge in [0.25, 0.3) is 0 Å². The van der Waals surface area contributed by atoms with E-state index in [0.717, 1.165) is 36.3 Å². The molecule has 176 valence electrons. The molecule has 34 heavy (non-hydrogen) atoms. The second-order valence-corrected chi connectivity index (χ2v) is 8.35. The van der Waals surface area contributed by atoms with Crippen LogP contribution in [0.5, 0.6) is 0 Å². The van der Waals surface area contributed by atoms with Crippen molar-refractivity contribution in [3.8, 4) is 0 Å². The Hall–Kier alpha value is -3.76. The van der Waals surface area contributed by atoms with Crippen LogP contribution in [0.3, 0.4) is 0 Å². The number of benzene rings is 1. The van der Waals surface area contributed by atoms with Crippen molar-refractivity contribution in [2.75, 3.05) is 23.7 Å². The van der Waals surface area contributed by atoms with Crippen LogP contribution in [0, 0.1) is 5.82 Å². The zero-order chi connectivity index (χ0) is 23.9. The monoisotopic (exact) mass is 471 g/mol. The van der Waals surface area contributed by atoms with E-state index in [0.29, 0.717) is 42.5 Å². The zero-order valence-corrected chi connectivity index (χ0v) is 18.0. The standard InChI is InChI=1S/C23H21F4N7/c24-19-8-17(28)7-15-3-6-34(21(15)19)13-18-11-30-20(12-29-18)14-1-4-33(5-2-14)22-31-9-16(10-32-22)23(25,26)27/h3,6-12,14H,1-2,4-5,13,28H2. The van der Waals surface area contributed by atoms with Crippen molar-refractivity contribution in [1.82, 2.24) is 24.5 Å². The molecule has 4 heterocycles. The molecular formula is C23H21F4N7. The summed E-state index contributed by atoms with van der Waals surface area (Å²) in [4.78, 5) is 18.7. The summed E-state index contributed by atoms with van der Waals surface area (Å²) >= 11 is 0. The minimum absolute atomic E-state index is 0.181. The number of nitrogens with two attached hydrogens (primary N) is 1. The highest BCUT2D eigenvalue weighted by Crippen LogP contribution is 2.31. The average Bonchev–Trinajstić information content (AvgIpc) is 3.22. The lowest BCUT2D eigenvalue weighted by Gasteiger charge is -2.31. The first-order valence-corrected chi connectivity index (χ1v) is 10.8. The van der Waals surface area contributed by atoms with E-state index in [1.54, 1.807) is 29.2 Å². The summed E-state index contributed by atoms with van der Waals surface area (Å²) in [6.07, 6.45) is 3.92. The van der Waals surface area contributed by atoms with Gasteiger partial charge in [-0.3, -0.25) is 9.97 Å².